The number of rotatable bonds is 0. The standard InChI is InChI=1S/C24H13NO/c1-2-10-18-14(6-1)16-8-3-9-17-15-7-4-12-20-22(15)23-19(25(18)24(16)17)11-5-13-21(23)26-20/h1-13H. The molecule has 7 aromatic rings. The highest BCUT2D eigenvalue weighted by atomic mass is 16.3. The van der Waals surface area contributed by atoms with Crippen molar-refractivity contribution in [3.8, 4) is 0 Å². The van der Waals surface area contributed by atoms with Crippen LogP contribution in [0.4, 0.5) is 0 Å². The Morgan fingerprint density at radius 2 is 1.12 bits per heavy atom. The molecule has 0 fully saturated rings. The summed E-state index contributed by atoms with van der Waals surface area (Å²) in [6.07, 6.45) is 0. The largest absolute Gasteiger partial charge is 0.456 e. The molecule has 0 aliphatic heterocycles. The molecule has 2 heteroatoms. The normalized spacial score (nSPS) is 12.6. The van der Waals surface area contributed by atoms with Crippen LogP contribution in [0.15, 0.2) is 83.3 Å². The summed E-state index contributed by atoms with van der Waals surface area (Å²) in [7, 11) is 0. The van der Waals surface area contributed by atoms with Crippen molar-refractivity contribution in [1.82, 2.24) is 4.40 Å². The van der Waals surface area contributed by atoms with Gasteiger partial charge < -0.3 is 8.82 Å². The fraction of sp³-hybridized carbons (Fsp3) is 0. The van der Waals surface area contributed by atoms with E-state index in [9.17, 15) is 0 Å². The maximum atomic E-state index is 6.20. The van der Waals surface area contributed by atoms with Crippen LogP contribution in [-0.4, -0.2) is 4.40 Å². The minimum absolute atomic E-state index is 0.948. The van der Waals surface area contributed by atoms with E-state index in [0.717, 1.165) is 11.2 Å². The molecule has 0 unspecified atom stereocenters. The van der Waals surface area contributed by atoms with E-state index in [0.29, 0.717) is 0 Å². The lowest BCUT2D eigenvalue weighted by molar-refractivity contribution is 0.669. The maximum absolute atomic E-state index is 6.20. The molecule has 0 aliphatic carbocycles. The highest BCUT2D eigenvalue weighted by Gasteiger charge is 2.19. The van der Waals surface area contributed by atoms with E-state index >= 15 is 0 Å². The second kappa shape index (κ2) is 4.17. The van der Waals surface area contributed by atoms with Gasteiger partial charge in [0.1, 0.15) is 11.2 Å². The molecule has 7 rings (SSSR count). The summed E-state index contributed by atoms with van der Waals surface area (Å²) in [6.45, 7) is 0. The Hall–Kier alpha value is -3.52. The third kappa shape index (κ3) is 1.29. The maximum Gasteiger partial charge on any atom is 0.137 e. The van der Waals surface area contributed by atoms with Gasteiger partial charge in [-0.2, -0.15) is 0 Å². The van der Waals surface area contributed by atoms with Crippen LogP contribution in [0.1, 0.15) is 0 Å². The fourth-order valence-corrected chi connectivity index (χ4v) is 4.75. The number of hydrogen-bond acceptors (Lipinski definition) is 1. The summed E-state index contributed by atoms with van der Waals surface area (Å²) in [5, 5.41) is 7.54. The first-order valence-electron chi connectivity index (χ1n) is 8.89. The van der Waals surface area contributed by atoms with E-state index in [1.54, 1.807) is 0 Å². The molecule has 0 atom stereocenters. The van der Waals surface area contributed by atoms with Crippen LogP contribution in [0.3, 0.4) is 0 Å². The van der Waals surface area contributed by atoms with E-state index in [-0.39, 0.29) is 0 Å². The van der Waals surface area contributed by atoms with Gasteiger partial charge in [-0.25, -0.2) is 0 Å². The zero-order chi connectivity index (χ0) is 16.8. The molecule has 0 bridgehead atoms. The summed E-state index contributed by atoms with van der Waals surface area (Å²) < 4.78 is 8.61. The fourth-order valence-electron chi connectivity index (χ4n) is 4.75. The zero-order valence-corrected chi connectivity index (χ0v) is 13.9. The third-order valence-corrected chi connectivity index (χ3v) is 5.73. The van der Waals surface area contributed by atoms with Gasteiger partial charge in [0, 0.05) is 21.5 Å². The first kappa shape index (κ1) is 12.8. The minimum atomic E-state index is 0.948. The Morgan fingerprint density at radius 1 is 0.500 bits per heavy atom. The van der Waals surface area contributed by atoms with Crippen molar-refractivity contribution in [2.75, 3.05) is 0 Å². The Kier molecular flexibility index (Phi) is 2.05. The molecule has 0 saturated carbocycles. The SMILES string of the molecule is c1cc2oc3cccc4c3c2c(c1)c1cccc2c3ccccc3n4c12. The topological polar surface area (TPSA) is 17.6 Å². The first-order valence-corrected chi connectivity index (χ1v) is 8.89. The Balaban J connectivity index is 2.07. The van der Waals surface area contributed by atoms with Gasteiger partial charge in [-0.15, -0.1) is 0 Å². The number of aromatic nitrogens is 1. The van der Waals surface area contributed by atoms with Gasteiger partial charge in [0.05, 0.1) is 21.9 Å². The average molecular weight is 331 g/mol. The van der Waals surface area contributed by atoms with Crippen molar-refractivity contribution >= 4 is 60.0 Å². The molecule has 3 aromatic heterocycles. The molecule has 0 amide bonds. The van der Waals surface area contributed by atoms with Gasteiger partial charge in [0.15, 0.2) is 0 Å². The summed E-state index contributed by atoms with van der Waals surface area (Å²) in [4.78, 5) is 0. The third-order valence-electron chi connectivity index (χ3n) is 5.73. The molecule has 26 heavy (non-hydrogen) atoms. The Bertz CT molecular complexity index is 1630. The van der Waals surface area contributed by atoms with E-state index in [4.69, 9.17) is 4.42 Å². The molecule has 0 radical (unpaired) electrons. The lowest BCUT2D eigenvalue weighted by atomic mass is 10.0. The zero-order valence-electron chi connectivity index (χ0n) is 13.9. The lowest BCUT2D eigenvalue weighted by Crippen LogP contribution is -1.84. The van der Waals surface area contributed by atoms with Gasteiger partial charge in [-0.3, -0.25) is 0 Å². The average Bonchev–Trinajstić information content (AvgIpc) is 3.19. The number of para-hydroxylation sites is 2. The molecule has 0 N–H and O–H groups in total. The quantitative estimate of drug-likeness (QED) is 0.301. The van der Waals surface area contributed by atoms with Crippen molar-refractivity contribution in [2.24, 2.45) is 0 Å². The number of nitrogens with zero attached hydrogens (tertiary/aromatic N) is 1. The number of fused-ring (bicyclic) bond motifs is 5. The molecule has 4 aromatic carbocycles. The first-order chi connectivity index (χ1) is 12.9. The summed E-state index contributed by atoms with van der Waals surface area (Å²) in [5.74, 6) is 0. The molecular weight excluding hydrogens is 318 g/mol. The van der Waals surface area contributed by atoms with E-state index in [1.165, 1.54) is 48.9 Å². The van der Waals surface area contributed by atoms with Crippen LogP contribution in [0.25, 0.3) is 60.0 Å². The van der Waals surface area contributed by atoms with Crippen molar-refractivity contribution in [1.29, 1.82) is 0 Å². The smallest absolute Gasteiger partial charge is 0.137 e. The molecule has 0 saturated heterocycles. The van der Waals surface area contributed by atoms with Crippen molar-refractivity contribution in [3.63, 3.8) is 0 Å². The molecular formula is C24H13NO. The van der Waals surface area contributed by atoms with Gasteiger partial charge in [0.25, 0.3) is 0 Å². The van der Waals surface area contributed by atoms with Gasteiger partial charge in [-0.1, -0.05) is 54.6 Å². The minimum Gasteiger partial charge on any atom is -0.456 e. The van der Waals surface area contributed by atoms with Crippen molar-refractivity contribution in [3.05, 3.63) is 78.9 Å². The highest BCUT2D eigenvalue weighted by molar-refractivity contribution is 6.29. The highest BCUT2D eigenvalue weighted by Crippen LogP contribution is 2.42. The van der Waals surface area contributed by atoms with Crippen LogP contribution in [-0.2, 0) is 0 Å². The second-order valence-electron chi connectivity index (χ2n) is 6.99. The van der Waals surface area contributed by atoms with Crippen LogP contribution < -0.4 is 0 Å². The van der Waals surface area contributed by atoms with Crippen molar-refractivity contribution in [2.45, 2.75) is 0 Å². The number of hydrogen-bond donors (Lipinski definition) is 0. The van der Waals surface area contributed by atoms with Crippen LogP contribution in [0.5, 0.6) is 0 Å². The van der Waals surface area contributed by atoms with Crippen LogP contribution in [0.2, 0.25) is 0 Å². The lowest BCUT2D eigenvalue weighted by Gasteiger charge is -2.00. The predicted molar refractivity (Wildman–Crippen MR) is 108 cm³/mol. The molecule has 0 aliphatic rings. The number of furan rings is 1. The van der Waals surface area contributed by atoms with Gasteiger partial charge in [-0.05, 0) is 29.7 Å². The van der Waals surface area contributed by atoms with Gasteiger partial charge >= 0.3 is 0 Å². The molecule has 3 heterocycles. The monoisotopic (exact) mass is 331 g/mol. The molecule has 0 spiro atoms. The molecule has 120 valence electrons. The van der Waals surface area contributed by atoms with E-state index in [1.807, 2.05) is 0 Å². The summed E-state index contributed by atoms with van der Waals surface area (Å²) in [6, 6.07) is 28.1. The summed E-state index contributed by atoms with van der Waals surface area (Å²) >= 11 is 0. The van der Waals surface area contributed by atoms with Gasteiger partial charge in [0.2, 0.25) is 0 Å². The predicted octanol–water partition coefficient (Wildman–Crippen LogP) is 6.74. The van der Waals surface area contributed by atoms with E-state index < -0.39 is 0 Å². The second-order valence-corrected chi connectivity index (χ2v) is 6.99. The van der Waals surface area contributed by atoms with Crippen molar-refractivity contribution < 1.29 is 4.42 Å². The number of benzene rings is 4. The summed E-state index contributed by atoms with van der Waals surface area (Å²) in [5.41, 5.74) is 5.63. The Morgan fingerprint density at radius 3 is 2.04 bits per heavy atom. The Labute approximate surface area is 148 Å². The van der Waals surface area contributed by atoms with E-state index in [2.05, 4.69) is 83.3 Å². The molecule has 2 nitrogen and oxygen atoms in total. The van der Waals surface area contributed by atoms with Crippen LogP contribution >= 0.6 is 0 Å². The van der Waals surface area contributed by atoms with Crippen LogP contribution in [0, 0.1) is 0 Å².